The number of carbonyl (C=O) groups is 1. The van der Waals surface area contributed by atoms with Gasteiger partial charge < -0.3 is 5.32 Å². The lowest BCUT2D eigenvalue weighted by Gasteiger charge is -2.15. The Kier molecular flexibility index (Phi) is 5.99. The number of nitrogens with zero attached hydrogens (tertiary/aromatic N) is 1. The SMILES string of the molecule is Cc1cnc(CCNS(=O)(=O)c2ccc3c(c2)[C@@H](NC(=O)c2ccccc2)CC3)s1. The lowest BCUT2D eigenvalue weighted by molar-refractivity contribution is 0.0936. The van der Waals surface area contributed by atoms with Gasteiger partial charge in [-0.25, -0.2) is 18.1 Å². The number of fused-ring (bicyclic) bond motifs is 1. The Labute approximate surface area is 180 Å². The fraction of sp³-hybridized carbons (Fsp3) is 0.273. The number of amides is 1. The monoisotopic (exact) mass is 441 g/mol. The van der Waals surface area contributed by atoms with Gasteiger partial charge >= 0.3 is 0 Å². The van der Waals surface area contributed by atoms with Crippen molar-refractivity contribution in [2.24, 2.45) is 0 Å². The van der Waals surface area contributed by atoms with Gasteiger partial charge in [0.25, 0.3) is 5.91 Å². The Bertz CT molecular complexity index is 1160. The zero-order valence-corrected chi connectivity index (χ0v) is 18.2. The number of hydrogen-bond donors (Lipinski definition) is 2. The number of benzene rings is 2. The lowest BCUT2D eigenvalue weighted by atomic mass is 10.1. The molecule has 1 amide bonds. The van der Waals surface area contributed by atoms with E-state index in [-0.39, 0.29) is 16.8 Å². The molecule has 0 aliphatic heterocycles. The molecule has 1 aliphatic carbocycles. The molecule has 8 heteroatoms. The van der Waals surface area contributed by atoms with Gasteiger partial charge in [-0.15, -0.1) is 11.3 Å². The molecule has 0 fully saturated rings. The van der Waals surface area contributed by atoms with Gasteiger partial charge in [-0.1, -0.05) is 24.3 Å². The van der Waals surface area contributed by atoms with E-state index in [1.165, 1.54) is 0 Å². The zero-order chi connectivity index (χ0) is 21.1. The molecule has 0 saturated carbocycles. The first kappa shape index (κ1) is 20.7. The van der Waals surface area contributed by atoms with Gasteiger partial charge in [0.15, 0.2) is 0 Å². The molecule has 1 aromatic heterocycles. The predicted octanol–water partition coefficient (Wildman–Crippen LogP) is 3.39. The summed E-state index contributed by atoms with van der Waals surface area (Å²) in [5.41, 5.74) is 2.54. The van der Waals surface area contributed by atoms with E-state index in [1.54, 1.807) is 41.8 Å². The van der Waals surface area contributed by atoms with Crippen LogP contribution < -0.4 is 10.0 Å². The summed E-state index contributed by atoms with van der Waals surface area (Å²) in [6.07, 6.45) is 3.91. The average molecular weight is 442 g/mol. The first-order valence-corrected chi connectivity index (χ1v) is 12.1. The van der Waals surface area contributed by atoms with Gasteiger partial charge in [-0.3, -0.25) is 4.79 Å². The summed E-state index contributed by atoms with van der Waals surface area (Å²) in [5.74, 6) is -0.154. The Balaban J connectivity index is 1.45. The highest BCUT2D eigenvalue weighted by Crippen LogP contribution is 2.33. The molecule has 1 aliphatic rings. The largest absolute Gasteiger partial charge is 0.345 e. The molecule has 0 saturated heterocycles. The molecular formula is C22H23N3O3S2. The maximum atomic E-state index is 12.8. The molecule has 3 aromatic rings. The van der Waals surface area contributed by atoms with Crippen LogP contribution >= 0.6 is 11.3 Å². The van der Waals surface area contributed by atoms with Crippen molar-refractivity contribution in [2.75, 3.05) is 6.54 Å². The number of nitrogens with one attached hydrogen (secondary N) is 2. The summed E-state index contributed by atoms with van der Waals surface area (Å²) in [7, 11) is -3.64. The van der Waals surface area contributed by atoms with Crippen LogP contribution in [-0.2, 0) is 22.9 Å². The molecule has 0 bridgehead atoms. The Morgan fingerprint density at radius 1 is 1.20 bits per heavy atom. The summed E-state index contributed by atoms with van der Waals surface area (Å²) in [5, 5.41) is 3.95. The summed E-state index contributed by atoms with van der Waals surface area (Å²) in [6.45, 7) is 2.27. The third-order valence-corrected chi connectivity index (χ3v) is 7.58. The molecule has 0 unspecified atom stereocenters. The third kappa shape index (κ3) is 4.61. The number of hydrogen-bond acceptors (Lipinski definition) is 5. The van der Waals surface area contributed by atoms with Crippen LogP contribution in [-0.4, -0.2) is 25.9 Å². The minimum absolute atomic E-state index is 0.154. The number of sulfonamides is 1. The smallest absolute Gasteiger partial charge is 0.251 e. The Hall–Kier alpha value is -2.55. The van der Waals surface area contributed by atoms with Crippen molar-refractivity contribution in [1.82, 2.24) is 15.0 Å². The fourth-order valence-corrected chi connectivity index (χ4v) is 5.47. The van der Waals surface area contributed by atoms with Crippen LogP contribution in [0.1, 0.15) is 43.8 Å². The van der Waals surface area contributed by atoms with Crippen LogP contribution in [0.5, 0.6) is 0 Å². The highest BCUT2D eigenvalue weighted by molar-refractivity contribution is 7.89. The third-order valence-electron chi connectivity index (χ3n) is 5.15. The minimum Gasteiger partial charge on any atom is -0.345 e. The van der Waals surface area contributed by atoms with Gasteiger partial charge in [-0.2, -0.15) is 0 Å². The second-order valence-corrected chi connectivity index (χ2v) is 10.4. The van der Waals surface area contributed by atoms with Crippen molar-refractivity contribution in [3.63, 3.8) is 0 Å². The van der Waals surface area contributed by atoms with Crippen LogP contribution in [0.3, 0.4) is 0 Å². The second kappa shape index (κ2) is 8.67. The molecule has 1 heterocycles. The molecule has 0 spiro atoms. The first-order chi connectivity index (χ1) is 14.4. The molecule has 30 heavy (non-hydrogen) atoms. The minimum atomic E-state index is -3.64. The van der Waals surface area contributed by atoms with E-state index >= 15 is 0 Å². The highest BCUT2D eigenvalue weighted by Gasteiger charge is 2.26. The first-order valence-electron chi connectivity index (χ1n) is 9.82. The van der Waals surface area contributed by atoms with Crippen LogP contribution in [0.15, 0.2) is 59.6 Å². The Morgan fingerprint density at radius 2 is 2.00 bits per heavy atom. The van der Waals surface area contributed by atoms with E-state index in [1.807, 2.05) is 31.2 Å². The highest BCUT2D eigenvalue weighted by atomic mass is 32.2. The summed E-state index contributed by atoms with van der Waals surface area (Å²) in [6, 6.07) is 14.0. The molecule has 2 N–H and O–H groups in total. The van der Waals surface area contributed by atoms with E-state index in [2.05, 4.69) is 15.0 Å². The molecule has 0 radical (unpaired) electrons. The fourth-order valence-electron chi connectivity index (χ4n) is 3.62. The van der Waals surface area contributed by atoms with Crippen LogP contribution in [0.4, 0.5) is 0 Å². The molecule has 156 valence electrons. The van der Waals surface area contributed by atoms with Gasteiger partial charge in [0.1, 0.15) is 0 Å². The zero-order valence-electron chi connectivity index (χ0n) is 16.6. The number of thiazole rings is 1. The van der Waals surface area contributed by atoms with Crippen molar-refractivity contribution in [3.8, 4) is 0 Å². The van der Waals surface area contributed by atoms with Crippen LogP contribution in [0.25, 0.3) is 0 Å². The molecular weight excluding hydrogens is 418 g/mol. The van der Waals surface area contributed by atoms with E-state index in [4.69, 9.17) is 0 Å². The summed E-state index contributed by atoms with van der Waals surface area (Å²) < 4.78 is 28.2. The Morgan fingerprint density at radius 3 is 2.73 bits per heavy atom. The van der Waals surface area contributed by atoms with Crippen molar-refractivity contribution >= 4 is 27.3 Å². The van der Waals surface area contributed by atoms with Gasteiger partial charge in [-0.05, 0) is 55.2 Å². The maximum absolute atomic E-state index is 12.8. The molecule has 6 nitrogen and oxygen atoms in total. The van der Waals surface area contributed by atoms with Crippen molar-refractivity contribution in [3.05, 3.63) is 81.3 Å². The average Bonchev–Trinajstić information content (AvgIpc) is 3.34. The number of rotatable bonds is 7. The van der Waals surface area contributed by atoms with Gasteiger partial charge in [0.2, 0.25) is 10.0 Å². The predicted molar refractivity (Wildman–Crippen MR) is 117 cm³/mol. The molecule has 2 aromatic carbocycles. The lowest BCUT2D eigenvalue weighted by Crippen LogP contribution is -2.28. The quantitative estimate of drug-likeness (QED) is 0.588. The van der Waals surface area contributed by atoms with E-state index in [9.17, 15) is 13.2 Å². The van der Waals surface area contributed by atoms with E-state index in [0.717, 1.165) is 33.9 Å². The normalized spacial score (nSPS) is 15.7. The number of aromatic nitrogens is 1. The van der Waals surface area contributed by atoms with Crippen molar-refractivity contribution < 1.29 is 13.2 Å². The number of aryl methyl sites for hydroxylation is 2. The van der Waals surface area contributed by atoms with Crippen molar-refractivity contribution in [1.29, 1.82) is 0 Å². The van der Waals surface area contributed by atoms with Crippen LogP contribution in [0.2, 0.25) is 0 Å². The second-order valence-electron chi connectivity index (χ2n) is 7.30. The summed E-state index contributed by atoms with van der Waals surface area (Å²) in [4.78, 5) is 18.1. The van der Waals surface area contributed by atoms with Crippen molar-refractivity contribution in [2.45, 2.75) is 37.1 Å². The van der Waals surface area contributed by atoms with E-state index < -0.39 is 10.0 Å². The topological polar surface area (TPSA) is 88.2 Å². The molecule has 1 atom stereocenters. The van der Waals surface area contributed by atoms with Crippen LogP contribution in [0, 0.1) is 6.92 Å². The summed E-state index contributed by atoms with van der Waals surface area (Å²) >= 11 is 1.57. The number of carbonyl (C=O) groups excluding carboxylic acids is 1. The van der Waals surface area contributed by atoms with Gasteiger partial charge in [0.05, 0.1) is 15.9 Å². The maximum Gasteiger partial charge on any atom is 0.251 e. The van der Waals surface area contributed by atoms with E-state index in [0.29, 0.717) is 18.5 Å². The molecule has 4 rings (SSSR count). The van der Waals surface area contributed by atoms with Gasteiger partial charge in [0, 0.05) is 29.6 Å². The standard InChI is InChI=1S/C22H23N3O3S2/c1-15-14-23-21(29-15)11-12-24-30(27,28)18-9-7-16-8-10-20(19(16)13-18)25-22(26)17-5-3-2-4-6-17/h2-7,9,13-14,20,24H,8,10-12H2,1H3,(H,25,26)/t20-/m0/s1.